The number of halogens is 2. The van der Waals surface area contributed by atoms with E-state index in [1.54, 1.807) is 31.2 Å². The van der Waals surface area contributed by atoms with Gasteiger partial charge in [-0.15, -0.1) is 0 Å². The maximum Gasteiger partial charge on any atom is 0.311 e. The van der Waals surface area contributed by atoms with Gasteiger partial charge in [-0.1, -0.05) is 29.8 Å². The normalized spacial score (nSPS) is 15.1. The van der Waals surface area contributed by atoms with E-state index in [4.69, 9.17) is 21.3 Å². The van der Waals surface area contributed by atoms with Crippen LogP contribution in [0.25, 0.3) is 11.3 Å². The van der Waals surface area contributed by atoms with Gasteiger partial charge in [0.25, 0.3) is 0 Å². The molecule has 0 unspecified atom stereocenters. The van der Waals surface area contributed by atoms with Crippen LogP contribution in [-0.2, 0) is 9.53 Å². The summed E-state index contributed by atoms with van der Waals surface area (Å²) in [6.45, 7) is 7.39. The predicted molar refractivity (Wildman–Crippen MR) is 139 cm³/mol. The molecule has 0 aliphatic carbocycles. The lowest BCUT2D eigenvalue weighted by atomic mass is 9.80. The fraction of sp³-hybridized carbons (Fsp3) is 0.346. The first-order valence-electron chi connectivity index (χ1n) is 11.5. The fourth-order valence-electron chi connectivity index (χ4n) is 4.03. The largest absolute Gasteiger partial charge is 0.466 e. The molecule has 0 saturated carbocycles. The van der Waals surface area contributed by atoms with Gasteiger partial charge in [-0.3, -0.25) is 4.79 Å². The number of aromatic nitrogens is 2. The van der Waals surface area contributed by atoms with Gasteiger partial charge >= 0.3 is 5.97 Å². The van der Waals surface area contributed by atoms with Gasteiger partial charge in [-0.2, -0.15) is 0 Å². The molecule has 0 radical (unpaired) electrons. The van der Waals surface area contributed by atoms with Crippen molar-refractivity contribution in [2.75, 3.05) is 29.3 Å². The standard InChI is InChI=1S/C26H28ClFN4O2S/c1-4-34-25(33)26(3)13-15-32(16-14-26)22-9-6-10-23(30-22)35-31-21-12-11-19(27)24(29-21)18-7-5-8-20(28)17(18)2/h5-12H,4,13-16H2,1-3H3,(H,29,31). The zero-order valence-electron chi connectivity index (χ0n) is 20.0. The molecule has 6 nitrogen and oxygen atoms in total. The number of carbonyl (C=O) groups excluding carboxylic acids is 1. The molecule has 35 heavy (non-hydrogen) atoms. The molecule has 1 aliphatic rings. The minimum Gasteiger partial charge on any atom is -0.466 e. The van der Waals surface area contributed by atoms with Crippen LogP contribution < -0.4 is 9.62 Å². The molecule has 3 aromatic rings. The average Bonchev–Trinajstić information content (AvgIpc) is 2.86. The Hall–Kier alpha value is -2.84. The molecule has 2 aromatic heterocycles. The number of pyridine rings is 2. The van der Waals surface area contributed by atoms with E-state index in [2.05, 4.69) is 14.6 Å². The second kappa shape index (κ2) is 10.8. The number of nitrogens with one attached hydrogen (secondary N) is 1. The van der Waals surface area contributed by atoms with Crippen molar-refractivity contribution in [3.63, 3.8) is 0 Å². The second-order valence-electron chi connectivity index (χ2n) is 8.75. The van der Waals surface area contributed by atoms with Gasteiger partial charge in [0, 0.05) is 30.6 Å². The Kier molecular flexibility index (Phi) is 7.82. The summed E-state index contributed by atoms with van der Waals surface area (Å²) in [6, 6.07) is 14.2. The maximum atomic E-state index is 14.0. The van der Waals surface area contributed by atoms with Gasteiger partial charge in [0.05, 0.1) is 22.7 Å². The quantitative estimate of drug-likeness (QED) is 0.284. The number of piperidine rings is 1. The summed E-state index contributed by atoms with van der Waals surface area (Å²) in [4.78, 5) is 23.9. The molecule has 0 amide bonds. The first kappa shape index (κ1) is 25.3. The topological polar surface area (TPSA) is 67.3 Å². The van der Waals surface area contributed by atoms with Crippen molar-refractivity contribution in [3.8, 4) is 11.3 Å². The summed E-state index contributed by atoms with van der Waals surface area (Å²) in [6.07, 6.45) is 1.44. The molecule has 1 aromatic carbocycles. The highest BCUT2D eigenvalue weighted by Gasteiger charge is 2.38. The Morgan fingerprint density at radius 1 is 1.17 bits per heavy atom. The van der Waals surface area contributed by atoms with E-state index < -0.39 is 5.41 Å². The number of esters is 1. The van der Waals surface area contributed by atoms with Gasteiger partial charge in [0.2, 0.25) is 0 Å². The smallest absolute Gasteiger partial charge is 0.311 e. The van der Waals surface area contributed by atoms with Gasteiger partial charge in [0.15, 0.2) is 0 Å². The minimum atomic E-state index is -0.446. The molecular formula is C26H28ClFN4O2S. The van der Waals surface area contributed by atoms with Gasteiger partial charge in [-0.25, -0.2) is 14.4 Å². The molecule has 4 rings (SSSR count). The number of ether oxygens (including phenoxy) is 1. The molecule has 1 N–H and O–H groups in total. The highest BCUT2D eigenvalue weighted by atomic mass is 35.5. The van der Waals surface area contributed by atoms with Crippen molar-refractivity contribution in [2.45, 2.75) is 38.6 Å². The van der Waals surface area contributed by atoms with Gasteiger partial charge in [0.1, 0.15) is 22.5 Å². The van der Waals surface area contributed by atoms with Crippen LogP contribution >= 0.6 is 23.5 Å². The number of hydrogen-bond donors (Lipinski definition) is 1. The van der Waals surface area contributed by atoms with Gasteiger partial charge in [-0.05, 0) is 69.5 Å². The Morgan fingerprint density at radius 2 is 1.91 bits per heavy atom. The highest BCUT2D eigenvalue weighted by Crippen LogP contribution is 2.35. The average molecular weight is 515 g/mol. The number of rotatable bonds is 7. The van der Waals surface area contributed by atoms with Crippen LogP contribution in [0.3, 0.4) is 0 Å². The van der Waals surface area contributed by atoms with Crippen LogP contribution in [0.15, 0.2) is 53.6 Å². The molecule has 1 fully saturated rings. The van der Waals surface area contributed by atoms with Crippen molar-refractivity contribution in [1.82, 2.24) is 9.97 Å². The van der Waals surface area contributed by atoms with Crippen molar-refractivity contribution in [3.05, 3.63) is 64.9 Å². The maximum absolute atomic E-state index is 14.0. The highest BCUT2D eigenvalue weighted by molar-refractivity contribution is 8.00. The monoisotopic (exact) mass is 514 g/mol. The Balaban J connectivity index is 1.43. The molecule has 9 heteroatoms. The van der Waals surface area contributed by atoms with Crippen LogP contribution in [-0.4, -0.2) is 35.6 Å². The molecule has 3 heterocycles. The van der Waals surface area contributed by atoms with E-state index in [0.717, 1.165) is 36.8 Å². The van der Waals surface area contributed by atoms with E-state index in [1.807, 2.05) is 32.0 Å². The molecule has 0 bridgehead atoms. The van der Waals surface area contributed by atoms with Crippen LogP contribution in [0.1, 0.15) is 32.3 Å². The van der Waals surface area contributed by atoms with Crippen LogP contribution in [0.2, 0.25) is 5.02 Å². The lowest BCUT2D eigenvalue weighted by molar-refractivity contribution is -0.155. The molecule has 184 valence electrons. The van der Waals surface area contributed by atoms with E-state index in [0.29, 0.717) is 34.3 Å². The third kappa shape index (κ3) is 5.70. The first-order chi connectivity index (χ1) is 16.8. The SMILES string of the molecule is CCOC(=O)C1(C)CCN(c2cccc(SNc3ccc(Cl)c(-c4cccc(F)c4C)n3)n2)CC1. The Morgan fingerprint density at radius 3 is 2.66 bits per heavy atom. The lowest BCUT2D eigenvalue weighted by Gasteiger charge is -2.38. The van der Waals surface area contributed by atoms with E-state index in [9.17, 15) is 9.18 Å². The first-order valence-corrected chi connectivity index (χ1v) is 12.7. The van der Waals surface area contributed by atoms with Crippen LogP contribution in [0.5, 0.6) is 0 Å². The molecule has 0 spiro atoms. The number of benzene rings is 1. The zero-order valence-corrected chi connectivity index (χ0v) is 21.5. The second-order valence-corrected chi connectivity index (χ2v) is 9.98. The molecular weight excluding hydrogens is 487 g/mol. The minimum absolute atomic E-state index is 0.121. The molecule has 1 saturated heterocycles. The summed E-state index contributed by atoms with van der Waals surface area (Å²) in [5, 5.41) is 1.23. The van der Waals surface area contributed by atoms with E-state index in [-0.39, 0.29) is 11.8 Å². The third-order valence-corrected chi connectivity index (χ3v) is 7.35. The molecule has 0 atom stereocenters. The van der Waals surface area contributed by atoms with Gasteiger partial charge < -0.3 is 14.4 Å². The summed E-state index contributed by atoms with van der Waals surface area (Å²) >= 11 is 7.71. The number of anilines is 2. The van der Waals surface area contributed by atoms with Crippen molar-refractivity contribution in [2.24, 2.45) is 5.41 Å². The Labute approximate surface area is 214 Å². The lowest BCUT2D eigenvalue weighted by Crippen LogP contribution is -2.43. The van der Waals surface area contributed by atoms with E-state index in [1.165, 1.54) is 18.0 Å². The molecule has 1 aliphatic heterocycles. The number of carbonyl (C=O) groups is 1. The van der Waals surface area contributed by atoms with Crippen molar-refractivity contribution < 1.29 is 13.9 Å². The third-order valence-electron chi connectivity index (χ3n) is 6.30. The zero-order chi connectivity index (χ0) is 25.0. The fourth-order valence-corrected chi connectivity index (χ4v) is 4.85. The summed E-state index contributed by atoms with van der Waals surface area (Å²) in [7, 11) is 0. The van der Waals surface area contributed by atoms with Crippen LogP contribution in [0.4, 0.5) is 16.0 Å². The van der Waals surface area contributed by atoms with E-state index >= 15 is 0 Å². The van der Waals surface area contributed by atoms with Crippen molar-refractivity contribution >= 4 is 41.2 Å². The summed E-state index contributed by atoms with van der Waals surface area (Å²) in [5.74, 6) is 1.04. The number of nitrogens with zero attached hydrogens (tertiary/aromatic N) is 3. The Bertz CT molecular complexity index is 1220. The van der Waals surface area contributed by atoms with Crippen LogP contribution in [0, 0.1) is 18.2 Å². The summed E-state index contributed by atoms with van der Waals surface area (Å²) in [5.41, 5.74) is 1.23. The predicted octanol–water partition coefficient (Wildman–Crippen LogP) is 6.53. The summed E-state index contributed by atoms with van der Waals surface area (Å²) < 4.78 is 22.5. The number of hydrogen-bond acceptors (Lipinski definition) is 7. The van der Waals surface area contributed by atoms with Crippen molar-refractivity contribution in [1.29, 1.82) is 0 Å².